The van der Waals surface area contributed by atoms with Crippen molar-refractivity contribution in [2.45, 2.75) is 456 Å². The summed E-state index contributed by atoms with van der Waals surface area (Å²) < 4.78 is 5.50. The fourth-order valence-corrected chi connectivity index (χ4v) is 12.5. The van der Waals surface area contributed by atoms with Gasteiger partial charge >= 0.3 is 5.97 Å². The van der Waals surface area contributed by atoms with Crippen LogP contribution >= 0.6 is 0 Å². The number of ether oxygens (including phenoxy) is 1. The number of unbranched alkanes of at least 4 members (excludes halogenated alkanes) is 60. The number of rotatable bonds is 73. The maximum absolute atomic E-state index is 12.5. The van der Waals surface area contributed by atoms with Crippen LogP contribution in [0.5, 0.6) is 0 Å². The van der Waals surface area contributed by atoms with Gasteiger partial charge in [0.05, 0.1) is 25.4 Å². The molecule has 0 aromatic rings. The zero-order valence-electron chi connectivity index (χ0n) is 56.7. The van der Waals surface area contributed by atoms with Crippen LogP contribution < -0.4 is 5.32 Å². The summed E-state index contributed by atoms with van der Waals surface area (Å²) in [5, 5.41) is 23.4. The third-order valence-electron chi connectivity index (χ3n) is 18.3. The Morgan fingerprint density at radius 3 is 0.855 bits per heavy atom. The molecule has 0 bridgehead atoms. The summed E-state index contributed by atoms with van der Waals surface area (Å²) in [5.41, 5.74) is 0. The van der Waals surface area contributed by atoms with Gasteiger partial charge in [-0.15, -0.1) is 0 Å². The highest BCUT2D eigenvalue weighted by molar-refractivity contribution is 5.76. The maximum atomic E-state index is 12.5. The average molecular weight is 1170 g/mol. The van der Waals surface area contributed by atoms with E-state index in [0.717, 1.165) is 44.9 Å². The first-order valence-corrected chi connectivity index (χ1v) is 38.4. The number of esters is 1. The van der Waals surface area contributed by atoms with Crippen LogP contribution in [0.25, 0.3) is 0 Å². The van der Waals surface area contributed by atoms with Crippen LogP contribution in [-0.4, -0.2) is 47.4 Å². The van der Waals surface area contributed by atoms with Crippen LogP contribution in [0.2, 0.25) is 0 Å². The summed E-state index contributed by atoms with van der Waals surface area (Å²) in [4.78, 5) is 24.6. The van der Waals surface area contributed by atoms with Crippen molar-refractivity contribution < 1.29 is 24.5 Å². The van der Waals surface area contributed by atoms with E-state index in [0.29, 0.717) is 25.9 Å². The molecule has 0 spiro atoms. The van der Waals surface area contributed by atoms with Crippen LogP contribution in [0.15, 0.2) is 12.2 Å². The topological polar surface area (TPSA) is 95.9 Å². The first-order valence-electron chi connectivity index (χ1n) is 38.4. The van der Waals surface area contributed by atoms with Gasteiger partial charge in [-0.05, 0) is 51.4 Å². The van der Waals surface area contributed by atoms with Gasteiger partial charge in [0.1, 0.15) is 0 Å². The minimum atomic E-state index is -0.660. The first-order chi connectivity index (χ1) is 41.0. The molecule has 2 atom stereocenters. The number of aliphatic hydroxyl groups excluding tert-OH is 2. The highest BCUT2D eigenvalue weighted by Gasteiger charge is 2.20. The van der Waals surface area contributed by atoms with Gasteiger partial charge in [0.2, 0.25) is 5.91 Å². The molecule has 0 radical (unpaired) electrons. The Morgan fingerprint density at radius 2 is 0.566 bits per heavy atom. The molecular weight excluding hydrogens is 1020 g/mol. The summed E-state index contributed by atoms with van der Waals surface area (Å²) in [7, 11) is 0. The number of carbonyl (C=O) groups is 2. The molecule has 0 aromatic carbocycles. The normalized spacial score (nSPS) is 12.5. The van der Waals surface area contributed by atoms with Gasteiger partial charge in [-0.25, -0.2) is 0 Å². The minimum absolute atomic E-state index is 0.0154. The predicted molar refractivity (Wildman–Crippen MR) is 366 cm³/mol. The molecule has 0 aliphatic rings. The number of amides is 1. The molecule has 0 saturated carbocycles. The highest BCUT2D eigenvalue weighted by atomic mass is 16.5. The SMILES string of the molecule is CCCCCCCCC/C=C\CCCCCCCC(=O)OCCCCCCCCCCCCCCCCCCCCCCCCCCCCCCCCCCCC(=O)NC(CO)C(O)CCCCCCCCCCCCCCCCCCC. The van der Waals surface area contributed by atoms with E-state index in [4.69, 9.17) is 4.74 Å². The van der Waals surface area contributed by atoms with E-state index in [1.807, 2.05) is 0 Å². The summed E-state index contributed by atoms with van der Waals surface area (Å²) in [6.07, 6.45) is 91.5. The fraction of sp³-hybridized carbons (Fsp3) is 0.948. The molecule has 0 aliphatic carbocycles. The van der Waals surface area contributed by atoms with E-state index >= 15 is 0 Å². The fourth-order valence-electron chi connectivity index (χ4n) is 12.5. The molecule has 494 valence electrons. The summed E-state index contributed by atoms with van der Waals surface area (Å²) >= 11 is 0. The molecule has 0 aromatic heterocycles. The molecule has 1 amide bonds. The molecular formula is C77H151NO5. The number of hydrogen-bond acceptors (Lipinski definition) is 5. The number of hydrogen-bond donors (Lipinski definition) is 3. The van der Waals surface area contributed by atoms with Crippen LogP contribution in [0.3, 0.4) is 0 Å². The van der Waals surface area contributed by atoms with E-state index in [-0.39, 0.29) is 18.5 Å². The predicted octanol–water partition coefficient (Wildman–Crippen LogP) is 25.1. The van der Waals surface area contributed by atoms with E-state index in [2.05, 4.69) is 31.3 Å². The Morgan fingerprint density at radius 1 is 0.325 bits per heavy atom. The second-order valence-electron chi connectivity index (χ2n) is 26.7. The molecule has 83 heavy (non-hydrogen) atoms. The van der Waals surface area contributed by atoms with Crippen LogP contribution in [0, 0.1) is 0 Å². The summed E-state index contributed by atoms with van der Waals surface area (Å²) in [5.74, 6) is -0.0103. The smallest absolute Gasteiger partial charge is 0.305 e. The molecule has 6 nitrogen and oxygen atoms in total. The van der Waals surface area contributed by atoms with Crippen molar-refractivity contribution in [3.63, 3.8) is 0 Å². The number of allylic oxidation sites excluding steroid dienone is 2. The summed E-state index contributed by atoms with van der Waals surface area (Å²) in [6.45, 7) is 5.00. The van der Waals surface area contributed by atoms with Crippen LogP contribution in [0.4, 0.5) is 0 Å². The molecule has 6 heteroatoms. The van der Waals surface area contributed by atoms with Crippen molar-refractivity contribution in [2.75, 3.05) is 13.2 Å². The van der Waals surface area contributed by atoms with Gasteiger partial charge in [-0.2, -0.15) is 0 Å². The van der Waals surface area contributed by atoms with Crippen molar-refractivity contribution in [3.8, 4) is 0 Å². The van der Waals surface area contributed by atoms with Gasteiger partial charge in [0.15, 0.2) is 0 Å². The Labute approximate surface area is 520 Å². The largest absolute Gasteiger partial charge is 0.466 e. The van der Waals surface area contributed by atoms with Gasteiger partial charge in [0, 0.05) is 12.8 Å². The van der Waals surface area contributed by atoms with E-state index in [9.17, 15) is 19.8 Å². The Bertz CT molecular complexity index is 1260. The van der Waals surface area contributed by atoms with Crippen molar-refractivity contribution in [3.05, 3.63) is 12.2 Å². The van der Waals surface area contributed by atoms with Gasteiger partial charge in [-0.1, -0.05) is 392 Å². The quantitative estimate of drug-likeness (QED) is 0.0320. The standard InChI is InChI=1S/C77H151NO5/c1-3-5-7-9-11-13-15-17-19-38-41-45-49-53-57-61-65-69-75(80)74(73-79)78-76(81)70-66-62-58-54-50-46-42-39-36-34-32-30-28-26-24-22-21-23-25-27-29-31-33-35-37-40-44-48-52-56-60-64-68-72-83-77(82)71-67-63-59-55-51-47-43-20-18-16-14-12-10-8-6-4-2/h20,43,74-75,79-80H,3-19,21-42,44-73H2,1-2H3,(H,78,81)/b43-20-. The number of carbonyl (C=O) groups excluding carboxylic acids is 2. The lowest BCUT2D eigenvalue weighted by atomic mass is 10.0. The number of aliphatic hydroxyl groups is 2. The van der Waals surface area contributed by atoms with Gasteiger partial charge in [0.25, 0.3) is 0 Å². The molecule has 3 N–H and O–H groups in total. The lowest BCUT2D eigenvalue weighted by Crippen LogP contribution is -2.45. The third kappa shape index (κ3) is 69.6. The van der Waals surface area contributed by atoms with E-state index in [1.165, 1.54) is 366 Å². The summed E-state index contributed by atoms with van der Waals surface area (Å²) in [6, 6.07) is -0.537. The van der Waals surface area contributed by atoms with E-state index < -0.39 is 12.1 Å². The lowest BCUT2D eigenvalue weighted by molar-refractivity contribution is -0.143. The molecule has 0 fully saturated rings. The van der Waals surface area contributed by atoms with Gasteiger partial charge in [-0.3, -0.25) is 9.59 Å². The molecule has 0 aliphatic heterocycles. The second-order valence-corrected chi connectivity index (χ2v) is 26.7. The Kier molecular flexibility index (Phi) is 71.8. The maximum Gasteiger partial charge on any atom is 0.305 e. The zero-order chi connectivity index (χ0) is 59.9. The Balaban J connectivity index is 3.31. The van der Waals surface area contributed by atoms with Crippen molar-refractivity contribution in [1.29, 1.82) is 0 Å². The average Bonchev–Trinajstić information content (AvgIpc) is 3.49. The number of nitrogens with one attached hydrogen (secondary N) is 1. The monoisotopic (exact) mass is 1170 g/mol. The van der Waals surface area contributed by atoms with Crippen molar-refractivity contribution in [1.82, 2.24) is 5.32 Å². The lowest BCUT2D eigenvalue weighted by Gasteiger charge is -2.22. The van der Waals surface area contributed by atoms with Gasteiger partial charge < -0.3 is 20.3 Å². The molecule has 0 heterocycles. The molecule has 0 rings (SSSR count). The first kappa shape index (κ1) is 81.6. The zero-order valence-corrected chi connectivity index (χ0v) is 56.7. The second kappa shape index (κ2) is 73.1. The van der Waals surface area contributed by atoms with Crippen molar-refractivity contribution in [2.24, 2.45) is 0 Å². The molecule has 2 unspecified atom stereocenters. The van der Waals surface area contributed by atoms with Crippen LogP contribution in [0.1, 0.15) is 444 Å². The highest BCUT2D eigenvalue weighted by Crippen LogP contribution is 2.20. The third-order valence-corrected chi connectivity index (χ3v) is 18.3. The van der Waals surface area contributed by atoms with Crippen molar-refractivity contribution >= 4 is 11.9 Å². The minimum Gasteiger partial charge on any atom is -0.466 e. The van der Waals surface area contributed by atoms with Crippen LogP contribution in [-0.2, 0) is 14.3 Å². The van der Waals surface area contributed by atoms with E-state index in [1.54, 1.807) is 0 Å². The Hall–Kier alpha value is -1.40. The molecule has 0 saturated heterocycles.